The van der Waals surface area contributed by atoms with Gasteiger partial charge in [-0.05, 0) is 35.9 Å². The maximum absolute atomic E-state index is 12.0. The molecular weight excluding hydrogens is 314 g/mol. The second kappa shape index (κ2) is 7.97. The topological polar surface area (TPSA) is 56.1 Å². The van der Waals surface area contributed by atoms with E-state index in [4.69, 9.17) is 4.74 Å². The Balaban J connectivity index is 1.56. The summed E-state index contributed by atoms with van der Waals surface area (Å²) in [6, 6.07) is 17.3. The zero-order chi connectivity index (χ0) is 17.5. The average molecular weight is 333 g/mol. The average Bonchev–Trinajstić information content (AvgIpc) is 3.20. The van der Waals surface area contributed by atoms with Gasteiger partial charge in [0.15, 0.2) is 0 Å². The zero-order valence-corrected chi connectivity index (χ0v) is 13.9. The minimum absolute atomic E-state index is 0.151. The third-order valence-electron chi connectivity index (χ3n) is 3.73. The number of carbonyl (C=O) groups excluding carboxylic acids is 1. The number of aromatic nitrogens is 2. The van der Waals surface area contributed by atoms with Crippen molar-refractivity contribution in [2.45, 2.75) is 6.54 Å². The maximum atomic E-state index is 12.0. The Morgan fingerprint density at radius 2 is 1.96 bits per heavy atom. The first-order valence-corrected chi connectivity index (χ1v) is 7.94. The number of nitrogens with zero attached hydrogens (tertiary/aromatic N) is 2. The molecule has 5 nitrogen and oxygen atoms in total. The smallest absolute Gasteiger partial charge is 0.244 e. The minimum Gasteiger partial charge on any atom is -0.496 e. The summed E-state index contributed by atoms with van der Waals surface area (Å²) < 4.78 is 7.05. The number of hydrogen-bond acceptors (Lipinski definition) is 3. The number of ether oxygens (including phenoxy) is 1. The first-order chi connectivity index (χ1) is 12.3. The molecule has 3 aromatic rings. The molecule has 126 valence electrons. The summed E-state index contributed by atoms with van der Waals surface area (Å²) in [5, 5.41) is 7.06. The van der Waals surface area contributed by atoms with Crippen LogP contribution >= 0.6 is 0 Å². The number of amides is 1. The first kappa shape index (κ1) is 16.5. The van der Waals surface area contributed by atoms with Gasteiger partial charge in [0.1, 0.15) is 5.75 Å². The van der Waals surface area contributed by atoms with E-state index in [1.807, 2.05) is 60.8 Å². The molecule has 0 aliphatic rings. The quantitative estimate of drug-likeness (QED) is 0.705. The van der Waals surface area contributed by atoms with Crippen LogP contribution in [0.1, 0.15) is 11.1 Å². The second-order valence-corrected chi connectivity index (χ2v) is 5.41. The Bertz CT molecular complexity index is 853. The third kappa shape index (κ3) is 4.35. The number of rotatable bonds is 6. The Morgan fingerprint density at radius 3 is 2.68 bits per heavy atom. The molecule has 0 unspecified atom stereocenters. The van der Waals surface area contributed by atoms with Gasteiger partial charge in [-0.2, -0.15) is 5.10 Å². The van der Waals surface area contributed by atoms with Crippen LogP contribution in [0, 0.1) is 0 Å². The van der Waals surface area contributed by atoms with E-state index >= 15 is 0 Å². The van der Waals surface area contributed by atoms with Crippen molar-refractivity contribution in [3.63, 3.8) is 0 Å². The van der Waals surface area contributed by atoms with E-state index < -0.39 is 0 Å². The van der Waals surface area contributed by atoms with Crippen molar-refractivity contribution in [1.29, 1.82) is 0 Å². The van der Waals surface area contributed by atoms with Gasteiger partial charge in [0.2, 0.25) is 5.91 Å². The Kier molecular flexibility index (Phi) is 5.26. The van der Waals surface area contributed by atoms with Crippen molar-refractivity contribution >= 4 is 12.0 Å². The standard InChI is InChI=1S/C20H19N3O2/c1-25-19-6-3-2-5-17(19)9-12-20(24)21-15-16-7-10-18(11-8-16)23-14-4-13-22-23/h2-14H,15H2,1H3,(H,21,24). The number of benzene rings is 2. The lowest BCUT2D eigenvalue weighted by atomic mass is 10.2. The van der Waals surface area contributed by atoms with E-state index in [2.05, 4.69) is 10.4 Å². The van der Waals surface area contributed by atoms with Gasteiger partial charge in [0.25, 0.3) is 0 Å². The third-order valence-corrected chi connectivity index (χ3v) is 3.73. The first-order valence-electron chi connectivity index (χ1n) is 7.94. The van der Waals surface area contributed by atoms with E-state index in [1.54, 1.807) is 24.1 Å². The summed E-state index contributed by atoms with van der Waals surface area (Å²) in [7, 11) is 1.61. The van der Waals surface area contributed by atoms with Crippen LogP contribution in [0.15, 0.2) is 73.1 Å². The molecule has 0 saturated heterocycles. The summed E-state index contributed by atoms with van der Waals surface area (Å²) in [6.45, 7) is 0.467. The van der Waals surface area contributed by atoms with Crippen molar-refractivity contribution in [3.05, 3.63) is 84.2 Å². The lowest BCUT2D eigenvalue weighted by Gasteiger charge is -2.06. The Labute approximate surface area is 146 Å². The highest BCUT2D eigenvalue weighted by Crippen LogP contribution is 2.18. The zero-order valence-electron chi connectivity index (χ0n) is 13.9. The van der Waals surface area contributed by atoms with E-state index in [0.717, 1.165) is 22.6 Å². The Hall–Kier alpha value is -3.34. The van der Waals surface area contributed by atoms with Gasteiger partial charge in [-0.15, -0.1) is 0 Å². The highest BCUT2D eigenvalue weighted by atomic mass is 16.5. The van der Waals surface area contributed by atoms with Crippen LogP contribution in [0.5, 0.6) is 5.75 Å². The molecule has 5 heteroatoms. The molecule has 1 N–H and O–H groups in total. The van der Waals surface area contributed by atoms with Crippen LogP contribution < -0.4 is 10.1 Å². The van der Waals surface area contributed by atoms with Crippen LogP contribution in [0.3, 0.4) is 0 Å². The molecule has 0 aliphatic heterocycles. The predicted octanol–water partition coefficient (Wildman–Crippen LogP) is 3.21. The largest absolute Gasteiger partial charge is 0.496 e. The molecule has 1 heterocycles. The fourth-order valence-corrected chi connectivity index (χ4v) is 2.41. The van der Waals surface area contributed by atoms with Gasteiger partial charge < -0.3 is 10.1 Å². The van der Waals surface area contributed by atoms with Gasteiger partial charge in [-0.25, -0.2) is 4.68 Å². The van der Waals surface area contributed by atoms with E-state index in [1.165, 1.54) is 6.08 Å². The van der Waals surface area contributed by atoms with E-state index in [9.17, 15) is 4.79 Å². The SMILES string of the molecule is COc1ccccc1C=CC(=O)NCc1ccc(-n2cccn2)cc1. The fourth-order valence-electron chi connectivity index (χ4n) is 2.41. The van der Waals surface area contributed by atoms with Crippen LogP contribution in [0.25, 0.3) is 11.8 Å². The molecule has 0 spiro atoms. The van der Waals surface area contributed by atoms with Gasteiger partial charge in [-0.1, -0.05) is 30.3 Å². The van der Waals surface area contributed by atoms with Crippen LogP contribution in [-0.2, 0) is 11.3 Å². The highest BCUT2D eigenvalue weighted by Gasteiger charge is 2.01. The van der Waals surface area contributed by atoms with Gasteiger partial charge >= 0.3 is 0 Å². The number of carbonyl (C=O) groups is 1. The van der Waals surface area contributed by atoms with Gasteiger partial charge in [0, 0.05) is 30.6 Å². The fraction of sp³-hybridized carbons (Fsp3) is 0.100. The number of methoxy groups -OCH3 is 1. The molecule has 0 aliphatic carbocycles. The van der Waals surface area contributed by atoms with Crippen molar-refractivity contribution in [3.8, 4) is 11.4 Å². The molecule has 0 saturated carbocycles. The number of nitrogens with one attached hydrogen (secondary N) is 1. The summed E-state index contributed by atoms with van der Waals surface area (Å²) in [6.07, 6.45) is 6.88. The van der Waals surface area contributed by atoms with Crippen LogP contribution in [0.2, 0.25) is 0 Å². The van der Waals surface area contributed by atoms with Gasteiger partial charge in [-0.3, -0.25) is 4.79 Å². The van der Waals surface area contributed by atoms with Crippen molar-refractivity contribution in [1.82, 2.24) is 15.1 Å². The van der Waals surface area contributed by atoms with Crippen molar-refractivity contribution in [2.24, 2.45) is 0 Å². The van der Waals surface area contributed by atoms with Crippen LogP contribution in [0.4, 0.5) is 0 Å². The molecule has 25 heavy (non-hydrogen) atoms. The molecule has 1 aromatic heterocycles. The lowest BCUT2D eigenvalue weighted by Crippen LogP contribution is -2.20. The number of hydrogen-bond donors (Lipinski definition) is 1. The van der Waals surface area contributed by atoms with E-state index in [-0.39, 0.29) is 5.91 Å². The molecule has 3 rings (SSSR count). The van der Waals surface area contributed by atoms with Gasteiger partial charge in [0.05, 0.1) is 12.8 Å². The summed E-state index contributed by atoms with van der Waals surface area (Å²) in [5.41, 5.74) is 2.87. The molecule has 0 radical (unpaired) electrons. The molecule has 0 fully saturated rings. The van der Waals surface area contributed by atoms with Crippen LogP contribution in [-0.4, -0.2) is 22.8 Å². The Morgan fingerprint density at radius 1 is 1.16 bits per heavy atom. The highest BCUT2D eigenvalue weighted by molar-refractivity contribution is 5.92. The minimum atomic E-state index is -0.151. The molecule has 0 atom stereocenters. The number of para-hydroxylation sites is 1. The molecule has 1 amide bonds. The molecule has 0 bridgehead atoms. The summed E-state index contributed by atoms with van der Waals surface area (Å²) >= 11 is 0. The van der Waals surface area contributed by atoms with E-state index in [0.29, 0.717) is 6.54 Å². The van der Waals surface area contributed by atoms with Crippen molar-refractivity contribution < 1.29 is 9.53 Å². The molecule has 2 aromatic carbocycles. The monoisotopic (exact) mass is 333 g/mol. The lowest BCUT2D eigenvalue weighted by molar-refractivity contribution is -0.116. The second-order valence-electron chi connectivity index (χ2n) is 5.41. The maximum Gasteiger partial charge on any atom is 0.244 e. The summed E-state index contributed by atoms with van der Waals surface area (Å²) in [5.74, 6) is 0.586. The van der Waals surface area contributed by atoms with Crippen molar-refractivity contribution in [2.75, 3.05) is 7.11 Å². The summed E-state index contributed by atoms with van der Waals surface area (Å²) in [4.78, 5) is 12.0. The normalized spacial score (nSPS) is 10.8. The molecular formula is C20H19N3O2. The predicted molar refractivity (Wildman–Crippen MR) is 97.4 cm³/mol.